The van der Waals surface area contributed by atoms with Gasteiger partial charge in [0, 0.05) is 22.0 Å². The molecule has 0 unspecified atom stereocenters. The van der Waals surface area contributed by atoms with Gasteiger partial charge in [-0.25, -0.2) is 0 Å². The third kappa shape index (κ3) is 3.07. The molecule has 127 valence electrons. The zero-order valence-corrected chi connectivity index (χ0v) is 15.4. The number of phenolic OH excluding ortho intramolecular Hbond substituents is 1. The van der Waals surface area contributed by atoms with Gasteiger partial charge in [-0.3, -0.25) is 0 Å². The van der Waals surface area contributed by atoms with Crippen molar-refractivity contribution in [2.75, 3.05) is 0 Å². The molecule has 0 saturated heterocycles. The fourth-order valence-electron chi connectivity index (χ4n) is 3.46. The Morgan fingerprint density at radius 1 is 0.640 bits per heavy atom. The first-order valence-electron chi connectivity index (χ1n) is 8.70. The Bertz CT molecular complexity index is 776. The van der Waals surface area contributed by atoms with Crippen LogP contribution in [-0.4, -0.2) is 5.11 Å². The fourth-order valence-corrected chi connectivity index (χ4v) is 3.46. The van der Waals surface area contributed by atoms with Gasteiger partial charge in [0.2, 0.25) is 0 Å². The van der Waals surface area contributed by atoms with Gasteiger partial charge < -0.3 is 5.11 Å². The summed E-state index contributed by atoms with van der Waals surface area (Å²) in [5, 5.41) is 11.2. The van der Waals surface area contributed by atoms with Gasteiger partial charge in [0.15, 0.2) is 0 Å². The van der Waals surface area contributed by atoms with E-state index in [9.17, 15) is 5.11 Å². The Balaban J connectivity index is 2.13. The van der Waals surface area contributed by atoms with E-state index in [2.05, 4.69) is 58.0 Å². The van der Waals surface area contributed by atoms with E-state index in [0.29, 0.717) is 5.75 Å². The molecule has 0 bridgehead atoms. The summed E-state index contributed by atoms with van der Waals surface area (Å²) in [6.45, 7) is 8.57. The number of rotatable bonds is 4. The van der Waals surface area contributed by atoms with Crippen LogP contribution in [0, 0.1) is 6.07 Å². The molecule has 0 aromatic heterocycles. The first kappa shape index (κ1) is 17.3. The van der Waals surface area contributed by atoms with E-state index in [1.54, 1.807) is 0 Å². The molecule has 0 fully saturated rings. The van der Waals surface area contributed by atoms with E-state index in [0.717, 1.165) is 11.1 Å². The van der Waals surface area contributed by atoms with Gasteiger partial charge >= 0.3 is 0 Å². The van der Waals surface area contributed by atoms with Crippen LogP contribution in [0.4, 0.5) is 0 Å². The van der Waals surface area contributed by atoms with Crippen LogP contribution >= 0.6 is 0 Å². The molecule has 0 saturated carbocycles. The molecule has 0 aliphatic carbocycles. The minimum atomic E-state index is -0.301. The largest absolute Gasteiger partial charge is 0.507 e. The van der Waals surface area contributed by atoms with Crippen LogP contribution in [-0.2, 0) is 10.8 Å². The summed E-state index contributed by atoms with van der Waals surface area (Å²) in [5.41, 5.74) is 3.55. The Kier molecular flexibility index (Phi) is 4.43. The molecule has 1 radical (unpaired) electrons. The monoisotopic (exact) mass is 329 g/mol. The van der Waals surface area contributed by atoms with Gasteiger partial charge in [-0.2, -0.15) is 0 Å². The lowest BCUT2D eigenvalue weighted by molar-refractivity contribution is 0.433. The number of phenols is 1. The van der Waals surface area contributed by atoms with Crippen molar-refractivity contribution in [3.63, 3.8) is 0 Å². The minimum absolute atomic E-state index is 0.301. The highest BCUT2D eigenvalue weighted by Crippen LogP contribution is 2.43. The molecule has 3 aromatic rings. The standard InChI is InChI=1S/C24H25O/c1-23(2,18-12-7-5-8-13-18)20-16-11-17-21(22(20)25)24(3,4)19-14-9-6-10-15-19/h5-10,12-17,25H,1-4H3. The molecule has 0 amide bonds. The van der Waals surface area contributed by atoms with E-state index in [1.165, 1.54) is 11.1 Å². The smallest absolute Gasteiger partial charge is 0.123 e. The second kappa shape index (κ2) is 6.40. The first-order chi connectivity index (χ1) is 11.8. The molecule has 3 aromatic carbocycles. The molecule has 0 aliphatic rings. The molecule has 1 nitrogen and oxygen atoms in total. The zero-order valence-electron chi connectivity index (χ0n) is 15.4. The van der Waals surface area contributed by atoms with E-state index < -0.39 is 0 Å². The minimum Gasteiger partial charge on any atom is -0.507 e. The second-order valence-corrected chi connectivity index (χ2v) is 7.61. The molecular formula is C24H25O. The Morgan fingerprint density at radius 3 is 1.36 bits per heavy atom. The first-order valence-corrected chi connectivity index (χ1v) is 8.70. The highest BCUT2D eigenvalue weighted by Gasteiger charge is 2.32. The number of benzene rings is 3. The molecular weight excluding hydrogens is 304 g/mol. The molecule has 1 heteroatoms. The van der Waals surface area contributed by atoms with Crippen molar-refractivity contribution in [1.82, 2.24) is 0 Å². The second-order valence-electron chi connectivity index (χ2n) is 7.61. The molecule has 0 spiro atoms. The molecule has 25 heavy (non-hydrogen) atoms. The average Bonchev–Trinajstić information content (AvgIpc) is 2.63. The fraction of sp³-hybridized carbons (Fsp3) is 0.250. The van der Waals surface area contributed by atoms with Gasteiger partial charge in [-0.15, -0.1) is 0 Å². The molecule has 3 rings (SSSR count). The quantitative estimate of drug-likeness (QED) is 0.637. The van der Waals surface area contributed by atoms with Gasteiger partial charge in [0.05, 0.1) is 0 Å². The molecule has 0 atom stereocenters. The van der Waals surface area contributed by atoms with Crippen molar-refractivity contribution in [2.45, 2.75) is 38.5 Å². The van der Waals surface area contributed by atoms with E-state index in [1.807, 2.05) is 48.5 Å². The topological polar surface area (TPSA) is 20.2 Å². The van der Waals surface area contributed by atoms with Crippen LogP contribution in [0.15, 0.2) is 72.8 Å². The third-order valence-electron chi connectivity index (χ3n) is 5.30. The van der Waals surface area contributed by atoms with Gasteiger partial charge in [0.1, 0.15) is 5.75 Å². The SMILES string of the molecule is CC(C)(c1ccccc1)c1c[c]cc(C(C)(C)c2ccccc2)c1O. The Hall–Kier alpha value is -2.54. The predicted molar refractivity (Wildman–Crippen MR) is 104 cm³/mol. The highest BCUT2D eigenvalue weighted by atomic mass is 16.3. The van der Waals surface area contributed by atoms with Crippen LogP contribution in [0.25, 0.3) is 0 Å². The summed E-state index contributed by atoms with van der Waals surface area (Å²) in [5.74, 6) is 0.362. The van der Waals surface area contributed by atoms with Crippen molar-refractivity contribution >= 4 is 0 Å². The van der Waals surface area contributed by atoms with Crippen molar-refractivity contribution in [3.8, 4) is 5.75 Å². The highest BCUT2D eigenvalue weighted by molar-refractivity contribution is 5.53. The maximum Gasteiger partial charge on any atom is 0.123 e. The van der Waals surface area contributed by atoms with Gasteiger partial charge in [-0.05, 0) is 29.3 Å². The van der Waals surface area contributed by atoms with Crippen molar-refractivity contribution < 1.29 is 5.11 Å². The average molecular weight is 329 g/mol. The van der Waals surface area contributed by atoms with Gasteiger partial charge in [0.25, 0.3) is 0 Å². The van der Waals surface area contributed by atoms with Crippen LogP contribution in [0.1, 0.15) is 49.9 Å². The van der Waals surface area contributed by atoms with Crippen molar-refractivity contribution in [3.05, 3.63) is 101 Å². The third-order valence-corrected chi connectivity index (χ3v) is 5.30. The van der Waals surface area contributed by atoms with Crippen LogP contribution in [0.2, 0.25) is 0 Å². The lowest BCUT2D eigenvalue weighted by Gasteiger charge is -2.32. The van der Waals surface area contributed by atoms with Crippen LogP contribution in [0.3, 0.4) is 0 Å². The number of hydrogen-bond acceptors (Lipinski definition) is 1. The zero-order chi connectivity index (χ0) is 18.1. The number of aromatic hydroxyl groups is 1. The Labute approximate surface area is 151 Å². The summed E-state index contributed by atoms with van der Waals surface area (Å²) >= 11 is 0. The normalized spacial score (nSPS) is 12.2. The summed E-state index contributed by atoms with van der Waals surface area (Å²) < 4.78 is 0. The van der Waals surface area contributed by atoms with Gasteiger partial charge in [-0.1, -0.05) is 88.4 Å². The van der Waals surface area contributed by atoms with E-state index in [-0.39, 0.29) is 10.8 Å². The summed E-state index contributed by atoms with van der Waals surface area (Å²) in [6, 6.07) is 27.7. The van der Waals surface area contributed by atoms with E-state index in [4.69, 9.17) is 0 Å². The summed E-state index contributed by atoms with van der Waals surface area (Å²) in [4.78, 5) is 0. The molecule has 1 N–H and O–H groups in total. The number of hydrogen-bond donors (Lipinski definition) is 1. The Morgan fingerprint density at radius 2 is 1.00 bits per heavy atom. The predicted octanol–water partition coefficient (Wildman–Crippen LogP) is 5.84. The van der Waals surface area contributed by atoms with Crippen molar-refractivity contribution in [1.29, 1.82) is 0 Å². The maximum absolute atomic E-state index is 11.2. The van der Waals surface area contributed by atoms with E-state index >= 15 is 0 Å². The van der Waals surface area contributed by atoms with Crippen molar-refractivity contribution in [2.24, 2.45) is 0 Å². The van der Waals surface area contributed by atoms with Crippen LogP contribution in [0.5, 0.6) is 5.75 Å². The molecule has 0 heterocycles. The summed E-state index contributed by atoms with van der Waals surface area (Å²) in [6.07, 6.45) is 0. The van der Waals surface area contributed by atoms with Crippen LogP contribution < -0.4 is 0 Å². The lowest BCUT2D eigenvalue weighted by atomic mass is 9.72. The molecule has 0 aliphatic heterocycles. The summed E-state index contributed by atoms with van der Waals surface area (Å²) in [7, 11) is 0. The maximum atomic E-state index is 11.2. The lowest BCUT2D eigenvalue weighted by Crippen LogP contribution is -2.23.